The molecule has 1 aliphatic heterocycles. The Kier molecular flexibility index (Phi) is 5.64. The Hall–Kier alpha value is -2.87. The van der Waals surface area contributed by atoms with Crippen molar-refractivity contribution in [3.63, 3.8) is 0 Å². The van der Waals surface area contributed by atoms with Gasteiger partial charge in [0, 0.05) is 37.2 Å². The average molecular weight is 484 g/mol. The van der Waals surface area contributed by atoms with Gasteiger partial charge in [0.2, 0.25) is 0 Å². The van der Waals surface area contributed by atoms with Crippen molar-refractivity contribution < 1.29 is 0 Å². The van der Waals surface area contributed by atoms with Crippen LogP contribution in [0.25, 0.3) is 11.2 Å². The molecule has 5 rings (SSSR count). The van der Waals surface area contributed by atoms with E-state index in [4.69, 9.17) is 28.2 Å². The van der Waals surface area contributed by atoms with Gasteiger partial charge in [0.15, 0.2) is 11.2 Å². The van der Waals surface area contributed by atoms with E-state index in [0.717, 1.165) is 29.6 Å². The lowest BCUT2D eigenvalue weighted by Crippen LogP contribution is -2.37. The van der Waals surface area contributed by atoms with Crippen LogP contribution in [0.5, 0.6) is 0 Å². The Balaban J connectivity index is 1.62. The first kappa shape index (κ1) is 21.9. The number of benzene rings is 2. The molecule has 0 radical (unpaired) electrons. The molecule has 33 heavy (non-hydrogen) atoms. The number of rotatable bonds is 4. The Morgan fingerprint density at radius 3 is 2.48 bits per heavy atom. The van der Waals surface area contributed by atoms with E-state index >= 15 is 0 Å². The number of imidazole rings is 1. The highest BCUT2D eigenvalue weighted by atomic mass is 35.5. The summed E-state index contributed by atoms with van der Waals surface area (Å²) in [7, 11) is 3.12. The summed E-state index contributed by atoms with van der Waals surface area (Å²) in [4.78, 5) is 32.8. The van der Waals surface area contributed by atoms with Gasteiger partial charge in [0.05, 0.1) is 13.1 Å². The molecule has 7 nitrogen and oxygen atoms in total. The van der Waals surface area contributed by atoms with E-state index in [9.17, 15) is 9.59 Å². The van der Waals surface area contributed by atoms with Gasteiger partial charge in [-0.25, -0.2) is 9.78 Å². The maximum Gasteiger partial charge on any atom is 0.332 e. The molecule has 9 heteroatoms. The minimum absolute atomic E-state index is 0.347. The maximum atomic E-state index is 13.1. The summed E-state index contributed by atoms with van der Waals surface area (Å²) in [6.45, 7) is 2.59. The van der Waals surface area contributed by atoms with Gasteiger partial charge >= 0.3 is 5.69 Å². The minimum atomic E-state index is -0.403. The zero-order valence-corrected chi connectivity index (χ0v) is 19.9. The van der Waals surface area contributed by atoms with Crippen molar-refractivity contribution in [3.05, 3.63) is 95.9 Å². The Bertz CT molecular complexity index is 1500. The van der Waals surface area contributed by atoms with E-state index in [-0.39, 0.29) is 5.56 Å². The molecular weight excluding hydrogens is 461 g/mol. The van der Waals surface area contributed by atoms with Crippen molar-refractivity contribution in [2.45, 2.75) is 26.1 Å². The van der Waals surface area contributed by atoms with Crippen molar-refractivity contribution >= 4 is 34.4 Å². The number of aromatic nitrogens is 4. The molecule has 0 unspecified atom stereocenters. The maximum absolute atomic E-state index is 13.1. The summed E-state index contributed by atoms with van der Waals surface area (Å²) in [5, 5.41) is 1.06. The molecule has 0 saturated carbocycles. The highest BCUT2D eigenvalue weighted by Crippen LogP contribution is 2.25. The van der Waals surface area contributed by atoms with E-state index in [1.165, 1.54) is 22.7 Å². The first-order valence-corrected chi connectivity index (χ1v) is 11.5. The third-order valence-electron chi connectivity index (χ3n) is 6.35. The van der Waals surface area contributed by atoms with Gasteiger partial charge in [-0.05, 0) is 35.2 Å². The molecule has 0 saturated heterocycles. The number of aryl methyl sites for hydroxylation is 1. The fraction of sp³-hybridized carbons (Fsp3) is 0.292. The van der Waals surface area contributed by atoms with Gasteiger partial charge in [0.1, 0.15) is 5.82 Å². The second-order valence-corrected chi connectivity index (χ2v) is 9.30. The van der Waals surface area contributed by atoms with E-state index in [1.54, 1.807) is 19.2 Å². The lowest BCUT2D eigenvalue weighted by molar-refractivity contribution is 0.237. The summed E-state index contributed by atoms with van der Waals surface area (Å²) in [5.41, 5.74) is 3.48. The molecule has 2 aromatic heterocycles. The second kappa shape index (κ2) is 8.48. The third kappa shape index (κ3) is 3.90. The molecule has 0 N–H and O–H groups in total. The summed E-state index contributed by atoms with van der Waals surface area (Å²) >= 11 is 12.5. The van der Waals surface area contributed by atoms with Crippen molar-refractivity contribution in [3.8, 4) is 0 Å². The van der Waals surface area contributed by atoms with Gasteiger partial charge in [-0.2, -0.15) is 0 Å². The zero-order chi connectivity index (χ0) is 23.3. The van der Waals surface area contributed by atoms with Crippen LogP contribution in [0.2, 0.25) is 10.0 Å². The van der Waals surface area contributed by atoms with Gasteiger partial charge in [-0.15, -0.1) is 0 Å². The van der Waals surface area contributed by atoms with Gasteiger partial charge in [-0.1, -0.05) is 53.5 Å². The molecule has 0 bridgehead atoms. The van der Waals surface area contributed by atoms with Crippen LogP contribution in [0, 0.1) is 0 Å². The fourth-order valence-electron chi connectivity index (χ4n) is 4.49. The SMILES string of the molecule is Cn1c(=O)c2c(nc(CN3CCc4ccccc4C3)n2Cc2ccc(Cl)cc2Cl)n(C)c1=O. The monoisotopic (exact) mass is 483 g/mol. The minimum Gasteiger partial charge on any atom is -0.316 e. The highest BCUT2D eigenvalue weighted by molar-refractivity contribution is 6.35. The van der Waals surface area contributed by atoms with Gasteiger partial charge in [0.25, 0.3) is 5.56 Å². The quantitative estimate of drug-likeness (QED) is 0.446. The van der Waals surface area contributed by atoms with Gasteiger partial charge in [-0.3, -0.25) is 18.8 Å². The summed E-state index contributed by atoms with van der Waals surface area (Å²) in [6, 6.07) is 13.8. The predicted octanol–water partition coefficient (Wildman–Crippen LogP) is 3.35. The van der Waals surface area contributed by atoms with E-state index in [1.807, 2.05) is 10.6 Å². The van der Waals surface area contributed by atoms with Crippen LogP contribution in [-0.2, 0) is 40.2 Å². The van der Waals surface area contributed by atoms with Crippen molar-refractivity contribution in [1.82, 2.24) is 23.6 Å². The number of hydrogen-bond donors (Lipinski definition) is 0. The molecule has 0 atom stereocenters. The molecule has 0 aliphatic carbocycles. The second-order valence-electron chi connectivity index (χ2n) is 8.46. The largest absolute Gasteiger partial charge is 0.332 e. The molecule has 170 valence electrons. The van der Waals surface area contributed by atoms with E-state index < -0.39 is 5.69 Å². The number of fused-ring (bicyclic) bond motifs is 2. The molecule has 0 spiro atoms. The number of halogens is 2. The van der Waals surface area contributed by atoms with Crippen LogP contribution in [0.15, 0.2) is 52.1 Å². The summed E-state index contributed by atoms with van der Waals surface area (Å²) in [5.74, 6) is 0.716. The lowest BCUT2D eigenvalue weighted by Gasteiger charge is -2.28. The first-order chi connectivity index (χ1) is 15.8. The van der Waals surface area contributed by atoms with Crippen LogP contribution >= 0.6 is 23.2 Å². The Morgan fingerprint density at radius 2 is 1.73 bits per heavy atom. The molecule has 4 aromatic rings. The van der Waals surface area contributed by atoms with Crippen molar-refractivity contribution in [2.24, 2.45) is 14.1 Å². The normalized spacial score (nSPS) is 14.1. The molecule has 2 aromatic carbocycles. The fourth-order valence-corrected chi connectivity index (χ4v) is 4.96. The molecule has 0 fully saturated rings. The Morgan fingerprint density at radius 1 is 0.970 bits per heavy atom. The van der Waals surface area contributed by atoms with Crippen LogP contribution in [-0.4, -0.2) is 30.1 Å². The summed E-state index contributed by atoms with van der Waals surface area (Å²) in [6.07, 6.45) is 0.958. The molecular formula is C24H23Cl2N5O2. The lowest BCUT2D eigenvalue weighted by atomic mass is 10.00. The van der Waals surface area contributed by atoms with Crippen LogP contribution in [0.4, 0.5) is 0 Å². The third-order valence-corrected chi connectivity index (χ3v) is 6.93. The Labute approximate surface area is 200 Å². The highest BCUT2D eigenvalue weighted by Gasteiger charge is 2.23. The van der Waals surface area contributed by atoms with Crippen LogP contribution < -0.4 is 11.2 Å². The average Bonchev–Trinajstić information content (AvgIpc) is 3.16. The molecule has 0 amide bonds. The van der Waals surface area contributed by atoms with Crippen LogP contribution in [0.3, 0.4) is 0 Å². The van der Waals surface area contributed by atoms with Crippen molar-refractivity contribution in [2.75, 3.05) is 6.54 Å². The number of nitrogens with zero attached hydrogens (tertiary/aromatic N) is 5. The zero-order valence-electron chi connectivity index (χ0n) is 18.4. The summed E-state index contributed by atoms with van der Waals surface area (Å²) < 4.78 is 4.42. The topological polar surface area (TPSA) is 65.1 Å². The standard InChI is InChI=1S/C24H23Cl2N5O2/c1-28-22-21(23(32)29(2)24(28)33)31(13-17-7-8-18(25)11-19(17)26)20(27-22)14-30-10-9-15-5-3-4-6-16(15)12-30/h3-8,11H,9-10,12-14H2,1-2H3. The molecule has 3 heterocycles. The molecule has 1 aliphatic rings. The van der Waals surface area contributed by atoms with E-state index in [2.05, 4.69) is 29.2 Å². The first-order valence-electron chi connectivity index (χ1n) is 10.7. The number of hydrogen-bond acceptors (Lipinski definition) is 4. The van der Waals surface area contributed by atoms with Crippen LogP contribution in [0.1, 0.15) is 22.5 Å². The predicted molar refractivity (Wildman–Crippen MR) is 130 cm³/mol. The smallest absolute Gasteiger partial charge is 0.316 e. The van der Waals surface area contributed by atoms with E-state index in [0.29, 0.717) is 40.1 Å². The van der Waals surface area contributed by atoms with Gasteiger partial charge < -0.3 is 4.57 Å². The van der Waals surface area contributed by atoms with Crippen molar-refractivity contribution in [1.29, 1.82) is 0 Å².